The normalized spacial score (nSPS) is 11.8. The SMILES string of the molecule is c1ccc(-n2c3ccccc3c3ccccc32)c(-c2cccc3cccc(-c4ccccc4-n4c5ccccc5c5ccccc54)c23)c1. The number of hydrogen-bond acceptors (Lipinski definition) is 0. The standard InChI is InChI=1S/C46H30N2/c1-7-25-40-32(17-1)33-18-2-8-26-41(33)47(40)44-29-11-5-21-36(44)38-23-13-15-31-16-14-24-39(46(31)38)37-22-6-12-30-45(37)48-42-27-9-3-19-34(42)35-20-4-10-28-43(35)48/h1-30H. The van der Waals surface area contributed by atoms with Crippen LogP contribution < -0.4 is 0 Å². The lowest BCUT2D eigenvalue weighted by atomic mass is 9.90. The van der Waals surface area contributed by atoms with E-state index in [4.69, 9.17) is 0 Å². The van der Waals surface area contributed by atoms with Gasteiger partial charge in [0.15, 0.2) is 0 Å². The summed E-state index contributed by atoms with van der Waals surface area (Å²) in [5.74, 6) is 0. The summed E-state index contributed by atoms with van der Waals surface area (Å²) in [5.41, 5.74) is 12.0. The van der Waals surface area contributed by atoms with Gasteiger partial charge in [-0.3, -0.25) is 0 Å². The quantitative estimate of drug-likeness (QED) is 0.188. The van der Waals surface area contributed by atoms with Gasteiger partial charge >= 0.3 is 0 Å². The monoisotopic (exact) mass is 610 g/mol. The van der Waals surface area contributed by atoms with E-state index in [1.807, 2.05) is 0 Å². The smallest absolute Gasteiger partial charge is 0.0541 e. The highest BCUT2D eigenvalue weighted by Gasteiger charge is 2.20. The highest BCUT2D eigenvalue weighted by Crippen LogP contribution is 2.43. The first-order chi connectivity index (χ1) is 23.9. The molecule has 2 heteroatoms. The molecule has 224 valence electrons. The summed E-state index contributed by atoms with van der Waals surface area (Å²) in [6.07, 6.45) is 0. The summed E-state index contributed by atoms with van der Waals surface area (Å²) in [4.78, 5) is 0. The Morgan fingerprint density at radius 2 is 0.562 bits per heavy atom. The van der Waals surface area contributed by atoms with Crippen molar-refractivity contribution in [2.75, 3.05) is 0 Å². The minimum Gasteiger partial charge on any atom is -0.309 e. The molecule has 48 heavy (non-hydrogen) atoms. The maximum absolute atomic E-state index is 2.44. The van der Waals surface area contributed by atoms with Crippen molar-refractivity contribution in [1.29, 1.82) is 0 Å². The number of para-hydroxylation sites is 6. The fourth-order valence-electron chi connectivity index (χ4n) is 7.95. The van der Waals surface area contributed by atoms with Crippen molar-refractivity contribution in [3.8, 4) is 33.6 Å². The Balaban J connectivity index is 1.27. The number of nitrogens with zero attached hydrogens (tertiary/aromatic N) is 2. The largest absolute Gasteiger partial charge is 0.309 e. The van der Waals surface area contributed by atoms with Crippen LogP contribution in [0.2, 0.25) is 0 Å². The topological polar surface area (TPSA) is 9.86 Å². The van der Waals surface area contributed by atoms with Crippen molar-refractivity contribution in [2.45, 2.75) is 0 Å². The van der Waals surface area contributed by atoms with Crippen LogP contribution in [0.1, 0.15) is 0 Å². The number of aromatic nitrogens is 2. The van der Waals surface area contributed by atoms with Crippen LogP contribution in [0, 0.1) is 0 Å². The second-order valence-corrected chi connectivity index (χ2v) is 12.5. The Morgan fingerprint density at radius 1 is 0.250 bits per heavy atom. The predicted molar refractivity (Wildman–Crippen MR) is 203 cm³/mol. The van der Waals surface area contributed by atoms with E-state index >= 15 is 0 Å². The predicted octanol–water partition coefficient (Wildman–Crippen LogP) is 12.4. The van der Waals surface area contributed by atoms with Gasteiger partial charge in [-0.05, 0) is 58.3 Å². The summed E-state index contributed by atoms with van der Waals surface area (Å²) < 4.78 is 4.88. The van der Waals surface area contributed by atoms with Gasteiger partial charge in [0.05, 0.1) is 33.4 Å². The van der Waals surface area contributed by atoms with Crippen LogP contribution in [-0.4, -0.2) is 9.13 Å². The molecule has 2 heterocycles. The highest BCUT2D eigenvalue weighted by atomic mass is 15.0. The van der Waals surface area contributed by atoms with Crippen molar-refractivity contribution in [1.82, 2.24) is 9.13 Å². The maximum atomic E-state index is 2.44. The van der Waals surface area contributed by atoms with E-state index < -0.39 is 0 Å². The van der Waals surface area contributed by atoms with Crippen LogP contribution in [0.3, 0.4) is 0 Å². The fourth-order valence-corrected chi connectivity index (χ4v) is 7.95. The Bertz CT molecular complexity index is 2550. The average Bonchev–Trinajstić information content (AvgIpc) is 3.67. The summed E-state index contributed by atoms with van der Waals surface area (Å²) in [6, 6.07) is 66.2. The summed E-state index contributed by atoms with van der Waals surface area (Å²) >= 11 is 0. The Hall–Kier alpha value is -6.38. The van der Waals surface area contributed by atoms with Crippen LogP contribution in [0.25, 0.3) is 88.0 Å². The van der Waals surface area contributed by atoms with Crippen LogP contribution in [0.15, 0.2) is 182 Å². The van der Waals surface area contributed by atoms with Gasteiger partial charge in [-0.1, -0.05) is 146 Å². The van der Waals surface area contributed by atoms with Crippen molar-refractivity contribution in [2.24, 2.45) is 0 Å². The van der Waals surface area contributed by atoms with E-state index in [-0.39, 0.29) is 0 Å². The van der Waals surface area contributed by atoms with Gasteiger partial charge in [-0.2, -0.15) is 0 Å². The maximum Gasteiger partial charge on any atom is 0.0541 e. The molecule has 0 bridgehead atoms. The molecule has 0 aliphatic carbocycles. The van der Waals surface area contributed by atoms with Gasteiger partial charge in [0.25, 0.3) is 0 Å². The molecule has 0 saturated carbocycles. The molecule has 2 nitrogen and oxygen atoms in total. The van der Waals surface area contributed by atoms with E-state index in [0.717, 1.165) is 0 Å². The van der Waals surface area contributed by atoms with Gasteiger partial charge in [0.2, 0.25) is 0 Å². The molecule has 0 amide bonds. The molecule has 0 spiro atoms. The molecule has 0 radical (unpaired) electrons. The number of rotatable bonds is 4. The van der Waals surface area contributed by atoms with Crippen molar-refractivity contribution in [3.05, 3.63) is 182 Å². The lowest BCUT2D eigenvalue weighted by Crippen LogP contribution is -1.99. The van der Waals surface area contributed by atoms with Crippen molar-refractivity contribution >= 4 is 54.4 Å². The van der Waals surface area contributed by atoms with E-state index in [9.17, 15) is 0 Å². The van der Waals surface area contributed by atoms with Crippen molar-refractivity contribution < 1.29 is 0 Å². The first-order valence-corrected chi connectivity index (χ1v) is 16.5. The third-order valence-corrected chi connectivity index (χ3v) is 9.94. The highest BCUT2D eigenvalue weighted by molar-refractivity contribution is 6.13. The third kappa shape index (κ3) is 3.87. The van der Waals surface area contributed by atoms with Gasteiger partial charge < -0.3 is 9.13 Å². The molecule has 2 aromatic heterocycles. The van der Waals surface area contributed by atoms with Gasteiger partial charge in [0, 0.05) is 32.7 Å². The zero-order valence-electron chi connectivity index (χ0n) is 26.2. The van der Waals surface area contributed by atoms with Gasteiger partial charge in [-0.25, -0.2) is 0 Å². The lowest BCUT2D eigenvalue weighted by molar-refractivity contribution is 1.18. The van der Waals surface area contributed by atoms with Crippen LogP contribution in [-0.2, 0) is 0 Å². The molecule has 0 aliphatic heterocycles. The molecule has 0 aliphatic rings. The minimum atomic E-state index is 1.17. The number of benzene rings is 8. The van der Waals surface area contributed by atoms with Crippen LogP contribution in [0.5, 0.6) is 0 Å². The zero-order chi connectivity index (χ0) is 31.6. The molecule has 0 unspecified atom stereocenters. The Morgan fingerprint density at radius 3 is 0.958 bits per heavy atom. The summed E-state index contributed by atoms with van der Waals surface area (Å²) in [7, 11) is 0. The summed E-state index contributed by atoms with van der Waals surface area (Å²) in [6.45, 7) is 0. The molecule has 8 aromatic carbocycles. The molecule has 0 saturated heterocycles. The molecular formula is C46H30N2. The molecule has 0 N–H and O–H groups in total. The average molecular weight is 611 g/mol. The van der Waals surface area contributed by atoms with E-state index in [2.05, 4.69) is 191 Å². The van der Waals surface area contributed by atoms with Crippen LogP contribution >= 0.6 is 0 Å². The zero-order valence-corrected chi connectivity index (χ0v) is 26.2. The lowest BCUT2D eigenvalue weighted by Gasteiger charge is -2.19. The third-order valence-electron chi connectivity index (χ3n) is 9.94. The van der Waals surface area contributed by atoms with Gasteiger partial charge in [-0.15, -0.1) is 0 Å². The fraction of sp³-hybridized carbons (Fsp3) is 0. The van der Waals surface area contributed by atoms with Crippen LogP contribution in [0.4, 0.5) is 0 Å². The first kappa shape index (κ1) is 26.8. The molecule has 0 fully saturated rings. The molecule has 10 aromatic rings. The minimum absolute atomic E-state index is 1.17. The second-order valence-electron chi connectivity index (χ2n) is 12.5. The van der Waals surface area contributed by atoms with Gasteiger partial charge in [0.1, 0.15) is 0 Å². The molecule has 10 rings (SSSR count). The molecule has 0 atom stereocenters. The van der Waals surface area contributed by atoms with Crippen molar-refractivity contribution in [3.63, 3.8) is 0 Å². The number of fused-ring (bicyclic) bond motifs is 7. The number of hydrogen-bond donors (Lipinski definition) is 0. The Kier molecular flexibility index (Phi) is 5.91. The summed E-state index contributed by atoms with van der Waals surface area (Å²) in [5, 5.41) is 7.53. The van der Waals surface area contributed by atoms with E-state index in [1.165, 1.54) is 88.0 Å². The second kappa shape index (κ2) is 10.6. The molecular weight excluding hydrogens is 581 g/mol. The van der Waals surface area contributed by atoms with E-state index in [0.29, 0.717) is 0 Å². The van der Waals surface area contributed by atoms with E-state index in [1.54, 1.807) is 0 Å². The first-order valence-electron chi connectivity index (χ1n) is 16.5. The Labute approximate surface area is 278 Å².